The van der Waals surface area contributed by atoms with Gasteiger partial charge in [-0.25, -0.2) is 4.99 Å². The maximum atomic E-state index is 12.4. The molecule has 108 valence electrons. The zero-order valence-electron chi connectivity index (χ0n) is 10.7. The molecule has 0 amide bonds. The highest BCUT2D eigenvalue weighted by atomic mass is 19.4. The summed E-state index contributed by atoms with van der Waals surface area (Å²) in [6.07, 6.45) is -4.43. The van der Waals surface area contributed by atoms with E-state index in [4.69, 9.17) is 5.73 Å². The van der Waals surface area contributed by atoms with Crippen LogP contribution in [-0.2, 0) is 6.18 Å². The number of halogens is 3. The van der Waals surface area contributed by atoms with Crippen molar-refractivity contribution in [2.75, 3.05) is 0 Å². The fourth-order valence-corrected chi connectivity index (χ4v) is 1.53. The first-order valence-electron chi connectivity index (χ1n) is 5.46. The number of hydrogen-bond donors (Lipinski definition) is 1. The van der Waals surface area contributed by atoms with E-state index < -0.39 is 16.7 Å². The third-order valence-electron chi connectivity index (χ3n) is 2.39. The van der Waals surface area contributed by atoms with E-state index in [1.165, 1.54) is 13.8 Å². The summed E-state index contributed by atoms with van der Waals surface area (Å²) >= 11 is 0. The molecule has 1 rings (SSSR count). The molecule has 20 heavy (non-hydrogen) atoms. The summed E-state index contributed by atoms with van der Waals surface area (Å²) in [6, 6.07) is 3.99. The molecule has 0 bridgehead atoms. The number of allylic oxidation sites excluding steroid dienone is 2. The van der Waals surface area contributed by atoms with Gasteiger partial charge in [0.1, 0.15) is 5.71 Å². The van der Waals surface area contributed by atoms with Gasteiger partial charge in [-0.3, -0.25) is 10.1 Å². The molecule has 2 N–H and O–H groups in total. The van der Waals surface area contributed by atoms with Crippen LogP contribution in [0.25, 0.3) is 0 Å². The van der Waals surface area contributed by atoms with Crippen LogP contribution in [-0.4, -0.2) is 10.6 Å². The molecule has 0 unspecified atom stereocenters. The number of alkyl halides is 3. The van der Waals surface area contributed by atoms with Gasteiger partial charge in [-0.2, -0.15) is 13.2 Å². The van der Waals surface area contributed by atoms with Crippen LogP contribution in [0.3, 0.4) is 0 Å². The Morgan fingerprint density at radius 1 is 1.25 bits per heavy atom. The molecule has 0 fully saturated rings. The Morgan fingerprint density at radius 3 is 2.10 bits per heavy atom. The summed E-state index contributed by atoms with van der Waals surface area (Å²) in [7, 11) is 0. The lowest BCUT2D eigenvalue weighted by Gasteiger charge is -2.06. The first kappa shape index (κ1) is 15.7. The van der Waals surface area contributed by atoms with Crippen LogP contribution >= 0.6 is 0 Å². The molecular formula is C12H12F3N3O2. The average molecular weight is 287 g/mol. The van der Waals surface area contributed by atoms with Crippen molar-refractivity contribution in [3.05, 3.63) is 51.3 Å². The Morgan fingerprint density at radius 2 is 1.75 bits per heavy atom. The van der Waals surface area contributed by atoms with Gasteiger partial charge in [-0.1, -0.05) is 0 Å². The van der Waals surface area contributed by atoms with Crippen LogP contribution in [0.5, 0.6) is 0 Å². The van der Waals surface area contributed by atoms with Gasteiger partial charge in [0.2, 0.25) is 0 Å². The number of nitrogens with zero attached hydrogens (tertiary/aromatic N) is 2. The molecule has 0 aromatic heterocycles. The normalized spacial score (nSPS) is 13.9. The van der Waals surface area contributed by atoms with E-state index in [9.17, 15) is 23.3 Å². The predicted molar refractivity (Wildman–Crippen MR) is 68.1 cm³/mol. The molecule has 0 radical (unpaired) electrons. The minimum absolute atomic E-state index is 0.0229. The van der Waals surface area contributed by atoms with Crippen LogP contribution in [0.15, 0.2) is 40.7 Å². The van der Waals surface area contributed by atoms with Crippen molar-refractivity contribution < 1.29 is 18.1 Å². The van der Waals surface area contributed by atoms with Crippen LogP contribution in [0.4, 0.5) is 18.9 Å². The standard InChI is InChI=1S/C12H12F3N3O2/c1-7(16)11(18(19)20)8(2)17-10-5-3-9(4-6-10)12(13,14)15/h3-6H,16H2,1-2H3. The van der Waals surface area contributed by atoms with Crippen LogP contribution in [0, 0.1) is 10.1 Å². The van der Waals surface area contributed by atoms with Crippen LogP contribution in [0.2, 0.25) is 0 Å². The number of hydrogen-bond acceptors (Lipinski definition) is 4. The highest BCUT2D eigenvalue weighted by Gasteiger charge is 2.30. The van der Waals surface area contributed by atoms with E-state index >= 15 is 0 Å². The summed E-state index contributed by atoms with van der Waals surface area (Å²) in [6.45, 7) is 2.72. The maximum Gasteiger partial charge on any atom is 0.416 e. The predicted octanol–water partition coefficient (Wildman–Crippen LogP) is 3.26. The third kappa shape index (κ3) is 3.81. The van der Waals surface area contributed by atoms with Gasteiger partial charge in [0.05, 0.1) is 21.9 Å². The van der Waals surface area contributed by atoms with E-state index in [1.807, 2.05) is 0 Å². The zero-order valence-corrected chi connectivity index (χ0v) is 10.7. The van der Waals surface area contributed by atoms with Crippen molar-refractivity contribution in [2.45, 2.75) is 20.0 Å². The van der Waals surface area contributed by atoms with E-state index in [0.717, 1.165) is 24.3 Å². The minimum atomic E-state index is -4.43. The van der Waals surface area contributed by atoms with E-state index in [-0.39, 0.29) is 22.8 Å². The zero-order chi connectivity index (χ0) is 15.5. The SMILES string of the molecule is CC(=Nc1ccc(C(F)(F)F)cc1)C(=C(C)N)[N+](=O)[O-]. The Bertz CT molecular complexity index is 571. The van der Waals surface area contributed by atoms with Crippen molar-refractivity contribution in [1.82, 2.24) is 0 Å². The molecule has 0 aliphatic carbocycles. The highest BCUT2D eigenvalue weighted by Crippen LogP contribution is 2.30. The van der Waals surface area contributed by atoms with Crippen molar-refractivity contribution >= 4 is 11.4 Å². The quantitative estimate of drug-likeness (QED) is 0.526. The van der Waals surface area contributed by atoms with E-state index in [0.29, 0.717) is 0 Å². The molecular weight excluding hydrogens is 275 g/mol. The molecule has 0 saturated heterocycles. The van der Waals surface area contributed by atoms with Gasteiger partial charge in [0.15, 0.2) is 0 Å². The summed E-state index contributed by atoms with van der Waals surface area (Å²) in [5.41, 5.74) is 4.39. The topological polar surface area (TPSA) is 81.5 Å². The summed E-state index contributed by atoms with van der Waals surface area (Å²) in [5, 5.41) is 10.8. The summed E-state index contributed by atoms with van der Waals surface area (Å²) in [5.74, 6) is 0. The Kier molecular flexibility index (Phi) is 4.49. The molecule has 1 aromatic rings. The highest BCUT2D eigenvalue weighted by molar-refractivity contribution is 5.98. The lowest BCUT2D eigenvalue weighted by atomic mass is 10.2. The Labute approximate surface area is 112 Å². The maximum absolute atomic E-state index is 12.4. The molecule has 0 heterocycles. The number of rotatable bonds is 3. The van der Waals surface area contributed by atoms with Crippen molar-refractivity contribution in [2.24, 2.45) is 10.7 Å². The fraction of sp³-hybridized carbons (Fsp3) is 0.250. The molecule has 0 aliphatic rings. The van der Waals surface area contributed by atoms with Gasteiger partial charge in [0.25, 0.3) is 0 Å². The molecule has 0 saturated carbocycles. The number of nitrogens with two attached hydrogens (primary N) is 1. The third-order valence-corrected chi connectivity index (χ3v) is 2.39. The smallest absolute Gasteiger partial charge is 0.397 e. The number of nitro groups is 1. The summed E-state index contributed by atoms with van der Waals surface area (Å²) < 4.78 is 37.1. The van der Waals surface area contributed by atoms with Crippen LogP contribution < -0.4 is 5.73 Å². The molecule has 0 spiro atoms. The van der Waals surface area contributed by atoms with Gasteiger partial charge >= 0.3 is 11.9 Å². The first-order valence-corrected chi connectivity index (χ1v) is 5.46. The van der Waals surface area contributed by atoms with Crippen LogP contribution in [0.1, 0.15) is 19.4 Å². The second-order valence-corrected chi connectivity index (χ2v) is 4.03. The lowest BCUT2D eigenvalue weighted by Crippen LogP contribution is -2.14. The van der Waals surface area contributed by atoms with Crippen molar-refractivity contribution in [3.8, 4) is 0 Å². The molecule has 0 atom stereocenters. The van der Waals surface area contributed by atoms with Gasteiger partial charge in [-0.05, 0) is 38.1 Å². The molecule has 1 aromatic carbocycles. The fourth-order valence-electron chi connectivity index (χ4n) is 1.53. The van der Waals surface area contributed by atoms with Gasteiger partial charge in [0, 0.05) is 0 Å². The number of benzene rings is 1. The molecule has 5 nitrogen and oxygen atoms in total. The molecule has 0 aliphatic heterocycles. The molecule has 8 heteroatoms. The minimum Gasteiger partial charge on any atom is -0.397 e. The number of aliphatic imine (C=N–C) groups is 1. The monoisotopic (exact) mass is 287 g/mol. The second kappa shape index (κ2) is 5.72. The van der Waals surface area contributed by atoms with Gasteiger partial charge < -0.3 is 5.73 Å². The largest absolute Gasteiger partial charge is 0.416 e. The van der Waals surface area contributed by atoms with E-state index in [2.05, 4.69) is 4.99 Å². The lowest BCUT2D eigenvalue weighted by molar-refractivity contribution is -0.416. The Balaban J connectivity index is 3.12. The van der Waals surface area contributed by atoms with E-state index in [1.54, 1.807) is 0 Å². The van der Waals surface area contributed by atoms with Gasteiger partial charge in [-0.15, -0.1) is 0 Å². The first-order chi connectivity index (χ1) is 9.12. The van der Waals surface area contributed by atoms with Crippen molar-refractivity contribution in [1.29, 1.82) is 0 Å². The second-order valence-electron chi connectivity index (χ2n) is 4.03. The van der Waals surface area contributed by atoms with Crippen molar-refractivity contribution in [3.63, 3.8) is 0 Å². The average Bonchev–Trinajstić information content (AvgIpc) is 2.26. The summed E-state index contributed by atoms with van der Waals surface area (Å²) in [4.78, 5) is 14.0. The Hall–Kier alpha value is -2.38.